The molecule has 0 amide bonds. The summed E-state index contributed by atoms with van der Waals surface area (Å²) in [5.41, 5.74) is 7.38. The van der Waals surface area contributed by atoms with Gasteiger partial charge in [-0.25, -0.2) is 4.79 Å². The van der Waals surface area contributed by atoms with Gasteiger partial charge in [0.2, 0.25) is 5.76 Å². The topological polar surface area (TPSA) is 77.8 Å². The molecule has 0 spiro atoms. The highest BCUT2D eigenvalue weighted by molar-refractivity contribution is 9.10. The van der Waals surface area contributed by atoms with Crippen LogP contribution in [0.1, 0.15) is 36.9 Å². The van der Waals surface area contributed by atoms with Gasteiger partial charge in [0.25, 0.3) is 0 Å². The molecule has 24 heavy (non-hydrogen) atoms. The molecule has 1 aromatic carbocycles. The standard InChI is InChI=1S/C17H21BrN2O3S/c1-4-22-16(21)15-13(9-24-17(19)20-8-10(2)3)12-7-11(18)5-6-14(12)23-15/h5-7,10H,4,8-9H2,1-3H3,(H2,19,20). The molecule has 0 aliphatic rings. The Morgan fingerprint density at radius 2 is 2.21 bits per heavy atom. The molecule has 0 aliphatic heterocycles. The van der Waals surface area contributed by atoms with Crippen molar-refractivity contribution >= 4 is 49.8 Å². The van der Waals surface area contributed by atoms with Crippen LogP contribution in [0.25, 0.3) is 11.0 Å². The maximum atomic E-state index is 12.2. The molecule has 2 aromatic rings. The summed E-state index contributed by atoms with van der Waals surface area (Å²) in [5.74, 6) is 0.711. The van der Waals surface area contributed by atoms with Crippen molar-refractivity contribution in [2.45, 2.75) is 26.5 Å². The number of carbonyl (C=O) groups is 1. The number of ether oxygens (including phenoxy) is 1. The molecule has 0 bridgehead atoms. The second-order valence-corrected chi connectivity index (χ2v) is 7.54. The fourth-order valence-electron chi connectivity index (χ4n) is 2.09. The third kappa shape index (κ3) is 4.77. The molecule has 0 atom stereocenters. The lowest BCUT2D eigenvalue weighted by molar-refractivity contribution is 0.0491. The first-order chi connectivity index (χ1) is 11.4. The van der Waals surface area contributed by atoms with Gasteiger partial charge in [-0.3, -0.25) is 4.99 Å². The second-order valence-electron chi connectivity index (χ2n) is 5.63. The summed E-state index contributed by atoms with van der Waals surface area (Å²) < 4.78 is 11.7. The largest absolute Gasteiger partial charge is 0.460 e. The minimum Gasteiger partial charge on any atom is -0.460 e. The zero-order valence-corrected chi connectivity index (χ0v) is 16.4. The molecular weight excluding hydrogens is 392 g/mol. The Labute approximate surface area is 154 Å². The van der Waals surface area contributed by atoms with E-state index in [-0.39, 0.29) is 5.76 Å². The number of carbonyl (C=O) groups excluding carboxylic acids is 1. The highest BCUT2D eigenvalue weighted by Crippen LogP contribution is 2.32. The minimum atomic E-state index is -0.460. The number of halogens is 1. The van der Waals surface area contributed by atoms with Crippen LogP contribution in [-0.2, 0) is 10.5 Å². The Morgan fingerprint density at radius 3 is 2.88 bits per heavy atom. The number of amidine groups is 1. The van der Waals surface area contributed by atoms with E-state index in [0.29, 0.717) is 35.6 Å². The Kier molecular flexibility index (Phi) is 6.74. The van der Waals surface area contributed by atoms with Crippen molar-refractivity contribution in [3.8, 4) is 0 Å². The van der Waals surface area contributed by atoms with Crippen LogP contribution in [0, 0.1) is 5.92 Å². The lowest BCUT2D eigenvalue weighted by Gasteiger charge is -2.04. The van der Waals surface area contributed by atoms with E-state index in [0.717, 1.165) is 15.4 Å². The van der Waals surface area contributed by atoms with E-state index in [2.05, 4.69) is 34.8 Å². The number of thioether (sulfide) groups is 1. The first-order valence-corrected chi connectivity index (χ1v) is 9.51. The van der Waals surface area contributed by atoms with Crippen molar-refractivity contribution in [3.05, 3.63) is 34.0 Å². The van der Waals surface area contributed by atoms with Gasteiger partial charge in [-0.1, -0.05) is 41.5 Å². The molecule has 1 aromatic heterocycles. The number of rotatable bonds is 6. The van der Waals surface area contributed by atoms with Crippen LogP contribution in [0.3, 0.4) is 0 Å². The molecule has 0 saturated carbocycles. The minimum absolute atomic E-state index is 0.231. The monoisotopic (exact) mass is 412 g/mol. The summed E-state index contributed by atoms with van der Waals surface area (Å²) in [6, 6.07) is 5.63. The van der Waals surface area contributed by atoms with Gasteiger partial charge >= 0.3 is 5.97 Å². The maximum Gasteiger partial charge on any atom is 0.374 e. The summed E-state index contributed by atoms with van der Waals surface area (Å²) in [5, 5.41) is 1.37. The normalized spacial score (nSPS) is 12.1. The predicted molar refractivity (Wildman–Crippen MR) is 102 cm³/mol. The Bertz CT molecular complexity index is 756. The average Bonchev–Trinajstić information content (AvgIpc) is 2.89. The summed E-state index contributed by atoms with van der Waals surface area (Å²) in [6.45, 7) is 6.91. The summed E-state index contributed by atoms with van der Waals surface area (Å²) >= 11 is 4.84. The van der Waals surface area contributed by atoms with Crippen molar-refractivity contribution in [2.24, 2.45) is 16.6 Å². The van der Waals surface area contributed by atoms with E-state index in [9.17, 15) is 4.79 Å². The molecule has 130 valence electrons. The quantitative estimate of drug-likeness (QED) is 0.426. The van der Waals surface area contributed by atoms with Crippen molar-refractivity contribution in [2.75, 3.05) is 13.2 Å². The van der Waals surface area contributed by atoms with Crippen LogP contribution in [0.2, 0.25) is 0 Å². The van der Waals surface area contributed by atoms with Gasteiger partial charge in [0.05, 0.1) is 6.61 Å². The molecule has 2 rings (SSSR count). The molecule has 2 N–H and O–H groups in total. The highest BCUT2D eigenvalue weighted by Gasteiger charge is 2.22. The third-order valence-corrected chi connectivity index (χ3v) is 4.54. The van der Waals surface area contributed by atoms with E-state index >= 15 is 0 Å². The fourth-order valence-corrected chi connectivity index (χ4v) is 3.20. The highest BCUT2D eigenvalue weighted by atomic mass is 79.9. The van der Waals surface area contributed by atoms with Gasteiger partial charge in [0.1, 0.15) is 5.58 Å². The molecule has 5 nitrogen and oxygen atoms in total. The smallest absolute Gasteiger partial charge is 0.374 e. The van der Waals surface area contributed by atoms with Crippen LogP contribution < -0.4 is 5.73 Å². The summed E-state index contributed by atoms with van der Waals surface area (Å²) in [4.78, 5) is 16.5. The van der Waals surface area contributed by atoms with E-state index in [1.54, 1.807) is 6.92 Å². The maximum absolute atomic E-state index is 12.2. The van der Waals surface area contributed by atoms with Gasteiger partial charge in [-0.2, -0.15) is 0 Å². The first-order valence-electron chi connectivity index (χ1n) is 7.73. The first kappa shape index (κ1) is 18.9. The van der Waals surface area contributed by atoms with Gasteiger partial charge in [-0.15, -0.1) is 0 Å². The van der Waals surface area contributed by atoms with Gasteiger partial charge in [0, 0.05) is 27.7 Å². The molecule has 0 saturated heterocycles. The van der Waals surface area contributed by atoms with Crippen molar-refractivity contribution in [1.29, 1.82) is 0 Å². The SMILES string of the molecule is CCOC(=O)c1oc2ccc(Br)cc2c1CSC(N)=NCC(C)C. The summed E-state index contributed by atoms with van der Waals surface area (Å²) in [7, 11) is 0. The molecular formula is C17H21BrN2O3S. The number of nitrogens with two attached hydrogens (primary N) is 1. The van der Waals surface area contributed by atoms with E-state index in [4.69, 9.17) is 14.9 Å². The molecule has 0 aliphatic carbocycles. The molecule has 7 heteroatoms. The van der Waals surface area contributed by atoms with Crippen molar-refractivity contribution in [1.82, 2.24) is 0 Å². The Balaban J connectivity index is 2.31. The van der Waals surface area contributed by atoms with E-state index in [1.165, 1.54) is 11.8 Å². The van der Waals surface area contributed by atoms with Gasteiger partial charge in [-0.05, 0) is 31.0 Å². The predicted octanol–water partition coefficient (Wildman–Crippen LogP) is 4.58. The number of nitrogens with zero attached hydrogens (tertiary/aromatic N) is 1. The molecule has 0 unspecified atom stereocenters. The molecule has 0 radical (unpaired) electrons. The number of esters is 1. The van der Waals surface area contributed by atoms with Crippen LogP contribution in [0.5, 0.6) is 0 Å². The molecule has 0 fully saturated rings. The zero-order valence-electron chi connectivity index (χ0n) is 14.0. The van der Waals surface area contributed by atoms with Crippen LogP contribution in [0.15, 0.2) is 32.1 Å². The zero-order chi connectivity index (χ0) is 17.7. The lowest BCUT2D eigenvalue weighted by atomic mass is 10.1. The number of furan rings is 1. The number of benzene rings is 1. The van der Waals surface area contributed by atoms with E-state index < -0.39 is 5.97 Å². The molecule has 1 heterocycles. The number of hydrogen-bond acceptors (Lipinski definition) is 5. The Hall–Kier alpha value is -1.47. The third-order valence-electron chi connectivity index (χ3n) is 3.19. The Morgan fingerprint density at radius 1 is 1.46 bits per heavy atom. The average molecular weight is 413 g/mol. The number of hydrogen-bond donors (Lipinski definition) is 1. The number of aliphatic imine (C=N–C) groups is 1. The number of fused-ring (bicyclic) bond motifs is 1. The van der Waals surface area contributed by atoms with Crippen molar-refractivity contribution < 1.29 is 13.9 Å². The van der Waals surface area contributed by atoms with E-state index in [1.807, 2.05) is 18.2 Å². The van der Waals surface area contributed by atoms with Crippen LogP contribution in [-0.4, -0.2) is 24.3 Å². The van der Waals surface area contributed by atoms with Crippen LogP contribution in [0.4, 0.5) is 0 Å². The fraction of sp³-hybridized carbons (Fsp3) is 0.412. The summed E-state index contributed by atoms with van der Waals surface area (Å²) in [6.07, 6.45) is 0. The van der Waals surface area contributed by atoms with Crippen molar-refractivity contribution in [3.63, 3.8) is 0 Å². The van der Waals surface area contributed by atoms with Gasteiger partial charge < -0.3 is 14.9 Å². The van der Waals surface area contributed by atoms with Gasteiger partial charge in [0.15, 0.2) is 5.17 Å². The van der Waals surface area contributed by atoms with Crippen LogP contribution >= 0.6 is 27.7 Å². The second kappa shape index (κ2) is 8.58. The lowest BCUT2D eigenvalue weighted by Crippen LogP contribution is -2.10.